The molecule has 0 bridgehead atoms. The summed E-state index contributed by atoms with van der Waals surface area (Å²) in [7, 11) is 1.66. The average Bonchev–Trinajstić information content (AvgIpc) is 3.33. The normalized spacial score (nSPS) is 17.1. The van der Waals surface area contributed by atoms with Gasteiger partial charge in [0, 0.05) is 13.0 Å². The van der Waals surface area contributed by atoms with Crippen LogP contribution in [0.1, 0.15) is 38.2 Å². The summed E-state index contributed by atoms with van der Waals surface area (Å²) in [4.78, 5) is 12.1. The summed E-state index contributed by atoms with van der Waals surface area (Å²) >= 11 is 0. The fraction of sp³-hybridized carbons (Fsp3) is 0.588. The zero-order valence-electron chi connectivity index (χ0n) is 13.0. The molecule has 0 aromatic heterocycles. The van der Waals surface area contributed by atoms with E-state index in [0.717, 1.165) is 18.6 Å². The molecule has 1 amide bonds. The first-order valence-corrected chi connectivity index (χ1v) is 7.71. The molecule has 1 unspecified atom stereocenters. The van der Waals surface area contributed by atoms with Crippen LogP contribution in [0.15, 0.2) is 24.3 Å². The molecule has 116 valence electrons. The summed E-state index contributed by atoms with van der Waals surface area (Å²) in [6.45, 7) is 2.58. The number of hydrogen-bond acceptors (Lipinski definition) is 3. The highest BCUT2D eigenvalue weighted by Crippen LogP contribution is 2.39. The van der Waals surface area contributed by atoms with Crippen LogP contribution in [0, 0.1) is 5.92 Å². The van der Waals surface area contributed by atoms with E-state index in [1.807, 2.05) is 24.3 Å². The van der Waals surface area contributed by atoms with E-state index < -0.39 is 0 Å². The molecule has 1 aromatic rings. The van der Waals surface area contributed by atoms with Crippen LogP contribution in [0.2, 0.25) is 0 Å². The maximum absolute atomic E-state index is 12.1. The van der Waals surface area contributed by atoms with E-state index in [9.17, 15) is 4.79 Å². The van der Waals surface area contributed by atoms with Crippen LogP contribution in [-0.4, -0.2) is 25.1 Å². The fourth-order valence-electron chi connectivity index (χ4n) is 2.67. The van der Waals surface area contributed by atoms with Gasteiger partial charge in [0.05, 0.1) is 12.6 Å². The molecule has 4 nitrogen and oxygen atoms in total. The van der Waals surface area contributed by atoms with Crippen LogP contribution in [0.25, 0.3) is 0 Å². The minimum absolute atomic E-state index is 0.114. The molecule has 0 heterocycles. The molecule has 1 fully saturated rings. The van der Waals surface area contributed by atoms with Crippen LogP contribution < -0.4 is 15.8 Å². The molecular weight excluding hydrogens is 264 g/mol. The highest BCUT2D eigenvalue weighted by molar-refractivity contribution is 5.76. The molecular formula is C17H26N2O2. The largest absolute Gasteiger partial charge is 0.497 e. The van der Waals surface area contributed by atoms with Crippen molar-refractivity contribution in [3.63, 3.8) is 0 Å². The van der Waals surface area contributed by atoms with E-state index >= 15 is 0 Å². The number of aryl methyl sites for hydroxylation is 1. The standard InChI is InChI=1S/C17H26N2O2/c1-17(12-18,14-8-9-14)19-16(20)5-3-4-13-6-10-15(21-2)11-7-13/h6-7,10-11,14H,3-5,8-9,12,18H2,1-2H3,(H,19,20). The predicted octanol–water partition coefficient (Wildman–Crippen LogP) is 2.26. The Morgan fingerprint density at radius 2 is 2.05 bits per heavy atom. The molecule has 2 rings (SSSR count). The van der Waals surface area contributed by atoms with Gasteiger partial charge in [-0.05, 0) is 56.2 Å². The van der Waals surface area contributed by atoms with Gasteiger partial charge in [-0.2, -0.15) is 0 Å². The lowest BCUT2D eigenvalue weighted by atomic mass is 9.95. The minimum Gasteiger partial charge on any atom is -0.497 e. The van der Waals surface area contributed by atoms with Gasteiger partial charge < -0.3 is 15.8 Å². The summed E-state index contributed by atoms with van der Waals surface area (Å²) in [6.07, 6.45) is 4.66. The number of amides is 1. The van der Waals surface area contributed by atoms with E-state index in [1.165, 1.54) is 18.4 Å². The molecule has 4 heteroatoms. The first-order chi connectivity index (χ1) is 10.1. The van der Waals surface area contributed by atoms with E-state index in [0.29, 0.717) is 18.9 Å². The van der Waals surface area contributed by atoms with Crippen molar-refractivity contribution in [2.24, 2.45) is 11.7 Å². The lowest BCUT2D eigenvalue weighted by molar-refractivity contribution is -0.123. The number of nitrogens with one attached hydrogen (secondary N) is 1. The number of carbonyl (C=O) groups excluding carboxylic acids is 1. The summed E-state index contributed by atoms with van der Waals surface area (Å²) in [5.74, 6) is 1.54. The first kappa shape index (κ1) is 15.8. The molecule has 1 atom stereocenters. The molecule has 1 aromatic carbocycles. The Labute approximate surface area is 127 Å². The SMILES string of the molecule is COc1ccc(CCCC(=O)NC(C)(CN)C2CC2)cc1. The molecule has 0 aliphatic heterocycles. The molecule has 0 radical (unpaired) electrons. The third-order valence-corrected chi connectivity index (χ3v) is 4.36. The Morgan fingerprint density at radius 3 is 2.57 bits per heavy atom. The topological polar surface area (TPSA) is 64.3 Å². The Kier molecular flexibility index (Phi) is 5.23. The lowest BCUT2D eigenvalue weighted by Gasteiger charge is -2.29. The van der Waals surface area contributed by atoms with Gasteiger partial charge >= 0.3 is 0 Å². The van der Waals surface area contributed by atoms with Gasteiger partial charge in [0.1, 0.15) is 5.75 Å². The van der Waals surface area contributed by atoms with E-state index in [-0.39, 0.29) is 11.4 Å². The van der Waals surface area contributed by atoms with Crippen molar-refractivity contribution in [2.75, 3.05) is 13.7 Å². The lowest BCUT2D eigenvalue weighted by Crippen LogP contribution is -2.53. The first-order valence-electron chi connectivity index (χ1n) is 7.71. The number of benzene rings is 1. The minimum atomic E-state index is -0.211. The van der Waals surface area contributed by atoms with Crippen LogP contribution in [0.4, 0.5) is 0 Å². The van der Waals surface area contributed by atoms with E-state index in [2.05, 4.69) is 12.2 Å². The Bertz CT molecular complexity index is 468. The highest BCUT2D eigenvalue weighted by Gasteiger charge is 2.41. The summed E-state index contributed by atoms with van der Waals surface area (Å²) in [5.41, 5.74) is 6.83. The van der Waals surface area contributed by atoms with Crippen molar-refractivity contribution < 1.29 is 9.53 Å². The molecule has 1 aliphatic carbocycles. The third kappa shape index (κ3) is 4.46. The van der Waals surface area contributed by atoms with E-state index in [1.54, 1.807) is 7.11 Å². The van der Waals surface area contributed by atoms with Crippen LogP contribution in [0.3, 0.4) is 0 Å². The monoisotopic (exact) mass is 290 g/mol. The van der Waals surface area contributed by atoms with Gasteiger partial charge in [0.15, 0.2) is 0 Å². The van der Waals surface area contributed by atoms with Gasteiger partial charge in [0.2, 0.25) is 5.91 Å². The van der Waals surface area contributed by atoms with Crippen molar-refractivity contribution in [1.82, 2.24) is 5.32 Å². The highest BCUT2D eigenvalue weighted by atomic mass is 16.5. The number of carbonyl (C=O) groups is 1. The number of rotatable bonds is 8. The van der Waals surface area contributed by atoms with Gasteiger partial charge in [-0.25, -0.2) is 0 Å². The predicted molar refractivity (Wildman–Crippen MR) is 84.3 cm³/mol. The van der Waals surface area contributed by atoms with Crippen molar-refractivity contribution in [3.8, 4) is 5.75 Å². The maximum atomic E-state index is 12.1. The third-order valence-electron chi connectivity index (χ3n) is 4.36. The van der Waals surface area contributed by atoms with Crippen molar-refractivity contribution in [1.29, 1.82) is 0 Å². The van der Waals surface area contributed by atoms with Crippen LogP contribution in [0.5, 0.6) is 5.75 Å². The molecule has 0 saturated heterocycles. The number of ether oxygens (including phenoxy) is 1. The second-order valence-electron chi connectivity index (χ2n) is 6.15. The zero-order valence-corrected chi connectivity index (χ0v) is 13.0. The van der Waals surface area contributed by atoms with Gasteiger partial charge in [-0.15, -0.1) is 0 Å². The van der Waals surface area contributed by atoms with Crippen molar-refractivity contribution in [3.05, 3.63) is 29.8 Å². The molecule has 21 heavy (non-hydrogen) atoms. The fourth-order valence-corrected chi connectivity index (χ4v) is 2.67. The smallest absolute Gasteiger partial charge is 0.220 e. The Balaban J connectivity index is 1.73. The van der Waals surface area contributed by atoms with E-state index in [4.69, 9.17) is 10.5 Å². The number of nitrogens with two attached hydrogens (primary N) is 1. The van der Waals surface area contributed by atoms with Crippen LogP contribution >= 0.6 is 0 Å². The number of methoxy groups -OCH3 is 1. The Morgan fingerprint density at radius 1 is 1.38 bits per heavy atom. The molecule has 0 spiro atoms. The second-order valence-corrected chi connectivity index (χ2v) is 6.15. The quantitative estimate of drug-likeness (QED) is 0.772. The molecule has 1 aliphatic rings. The molecule has 3 N–H and O–H groups in total. The summed E-state index contributed by atoms with van der Waals surface area (Å²) in [5, 5.41) is 3.13. The zero-order chi connectivity index (χ0) is 15.3. The van der Waals surface area contributed by atoms with Gasteiger partial charge in [-0.3, -0.25) is 4.79 Å². The second kappa shape index (κ2) is 6.94. The molecule has 1 saturated carbocycles. The summed E-state index contributed by atoms with van der Waals surface area (Å²) < 4.78 is 5.13. The van der Waals surface area contributed by atoms with Crippen molar-refractivity contribution >= 4 is 5.91 Å². The number of hydrogen-bond donors (Lipinski definition) is 2. The maximum Gasteiger partial charge on any atom is 0.220 e. The van der Waals surface area contributed by atoms with Crippen LogP contribution in [-0.2, 0) is 11.2 Å². The summed E-state index contributed by atoms with van der Waals surface area (Å²) in [6, 6.07) is 8.00. The van der Waals surface area contributed by atoms with Gasteiger partial charge in [0.25, 0.3) is 0 Å². The average molecular weight is 290 g/mol. The van der Waals surface area contributed by atoms with Crippen molar-refractivity contribution in [2.45, 2.75) is 44.6 Å². The Hall–Kier alpha value is -1.55. The van der Waals surface area contributed by atoms with Gasteiger partial charge in [-0.1, -0.05) is 12.1 Å².